The first-order valence-electron chi connectivity index (χ1n) is 15.1. The molecule has 1 aromatic heterocycles. The number of pyridine rings is 1. The summed E-state index contributed by atoms with van der Waals surface area (Å²) in [6.45, 7) is 4.32. The number of carboxylic acids is 1. The molecule has 1 rings (SSSR count). The van der Waals surface area contributed by atoms with Crippen molar-refractivity contribution in [1.29, 1.82) is 0 Å². The second-order valence-corrected chi connectivity index (χ2v) is 9.80. The normalized spacial score (nSPS) is 12.9. The summed E-state index contributed by atoms with van der Waals surface area (Å²) in [6.07, 6.45) is 35.8. The summed E-state index contributed by atoms with van der Waals surface area (Å²) in [5, 5.41) is 14.9. The molecule has 1 aromatic rings. The lowest BCUT2D eigenvalue weighted by Crippen LogP contribution is -2.41. The topological polar surface area (TPSA) is 108 Å². The van der Waals surface area contributed by atoms with E-state index in [0.717, 1.165) is 38.5 Å². The van der Waals surface area contributed by atoms with Crippen LogP contribution < -0.4 is 10.6 Å². The Morgan fingerprint density at radius 3 is 1.90 bits per heavy atom. The maximum Gasteiger partial charge on any atom is 0.326 e. The highest BCUT2D eigenvalue weighted by molar-refractivity contribution is 5.97. The Hall–Kier alpha value is -4.00. The molecule has 0 radical (unpaired) electrons. The number of aromatic nitrogens is 1. The van der Waals surface area contributed by atoms with Gasteiger partial charge in [-0.05, 0) is 83.3 Å². The largest absolute Gasteiger partial charge is 0.480 e. The molecule has 0 spiro atoms. The molecule has 3 N–H and O–H groups in total. The molecule has 0 bridgehead atoms. The van der Waals surface area contributed by atoms with Gasteiger partial charge in [0.05, 0.1) is 5.56 Å². The Morgan fingerprint density at radius 1 is 0.833 bits per heavy atom. The number of carboxylic acid groups (broad SMARTS) is 1. The standard InChI is InChI=1S/C35H49N3O4/c1-3-4-5-6-7-8-9-10-11-12-13-14-15-16-17-18-19-20-21-27-33(39)37-28-23-22-26-32(35(41)42)38-34(40)31-25-24-29-36-30(31)2/h4-5,7-8,10-11,13-14,16-17,19-20,24-25,29,32H,3,6,9,12,15,18,21-23,26-28H2,1-2H3,(H,37,39)(H,38,40)(H,41,42)/b5-4-,8-7-,11-10?,14-13?,17-16-,20-19-/t32-/m0/s1. The minimum atomic E-state index is -1.08. The molecule has 0 aliphatic carbocycles. The van der Waals surface area contributed by atoms with Crippen LogP contribution in [0, 0.1) is 6.92 Å². The van der Waals surface area contributed by atoms with Crippen LogP contribution in [0.25, 0.3) is 0 Å². The molecular formula is C35H49N3O4. The van der Waals surface area contributed by atoms with Gasteiger partial charge in [-0.15, -0.1) is 0 Å². The van der Waals surface area contributed by atoms with Gasteiger partial charge in [0, 0.05) is 24.9 Å². The van der Waals surface area contributed by atoms with E-state index >= 15 is 0 Å². The van der Waals surface area contributed by atoms with Crippen LogP contribution in [0.5, 0.6) is 0 Å². The van der Waals surface area contributed by atoms with Crippen LogP contribution in [0.15, 0.2) is 91.2 Å². The Kier molecular flexibility index (Phi) is 21.2. The van der Waals surface area contributed by atoms with Gasteiger partial charge in [0.2, 0.25) is 5.91 Å². The van der Waals surface area contributed by atoms with Crippen LogP contribution in [-0.2, 0) is 9.59 Å². The van der Waals surface area contributed by atoms with Crippen molar-refractivity contribution in [3.05, 3.63) is 102 Å². The number of carbonyl (C=O) groups is 3. The van der Waals surface area contributed by atoms with Gasteiger partial charge in [-0.1, -0.05) is 79.8 Å². The first kappa shape index (κ1) is 36.0. The van der Waals surface area contributed by atoms with Gasteiger partial charge in [0.25, 0.3) is 5.91 Å². The van der Waals surface area contributed by atoms with Crippen molar-refractivity contribution >= 4 is 17.8 Å². The summed E-state index contributed by atoms with van der Waals surface area (Å²) in [5.41, 5.74) is 0.911. The highest BCUT2D eigenvalue weighted by Crippen LogP contribution is 2.07. The Balaban J connectivity index is 2.07. The number of carbonyl (C=O) groups excluding carboxylic acids is 2. The summed E-state index contributed by atoms with van der Waals surface area (Å²) >= 11 is 0. The molecule has 0 aromatic carbocycles. The SMILES string of the molecule is CC/C=C\C/C=C\CC=CCC=CC/C=C\C/C=C\CCC(=O)NCCCC[C@H](NC(=O)c1cccnc1C)C(=O)O. The lowest BCUT2D eigenvalue weighted by molar-refractivity contribution is -0.139. The third-order valence-electron chi connectivity index (χ3n) is 6.23. The molecule has 1 atom stereocenters. The lowest BCUT2D eigenvalue weighted by atomic mass is 10.1. The number of hydrogen-bond donors (Lipinski definition) is 3. The fourth-order valence-corrected chi connectivity index (χ4v) is 3.86. The molecule has 0 saturated heterocycles. The second-order valence-electron chi connectivity index (χ2n) is 9.80. The maximum absolute atomic E-state index is 12.4. The van der Waals surface area contributed by atoms with E-state index < -0.39 is 17.9 Å². The van der Waals surface area contributed by atoms with Crippen LogP contribution in [0.4, 0.5) is 0 Å². The van der Waals surface area contributed by atoms with E-state index in [0.29, 0.717) is 43.5 Å². The number of hydrogen-bond acceptors (Lipinski definition) is 4. The van der Waals surface area contributed by atoms with Crippen molar-refractivity contribution in [2.24, 2.45) is 0 Å². The van der Waals surface area contributed by atoms with Gasteiger partial charge in [0.15, 0.2) is 0 Å². The number of unbranched alkanes of at least 4 members (excludes halogenated alkanes) is 1. The molecule has 7 nitrogen and oxygen atoms in total. The number of allylic oxidation sites excluding steroid dienone is 12. The van der Waals surface area contributed by atoms with Gasteiger partial charge in [0.1, 0.15) is 6.04 Å². The van der Waals surface area contributed by atoms with Crippen molar-refractivity contribution < 1.29 is 19.5 Å². The number of rotatable bonds is 22. The molecule has 42 heavy (non-hydrogen) atoms. The Morgan fingerprint density at radius 2 is 1.38 bits per heavy atom. The van der Waals surface area contributed by atoms with E-state index in [1.54, 1.807) is 25.3 Å². The predicted molar refractivity (Wildman–Crippen MR) is 172 cm³/mol. The van der Waals surface area contributed by atoms with Gasteiger partial charge in [-0.3, -0.25) is 14.6 Å². The molecule has 0 aliphatic heterocycles. The molecule has 1 heterocycles. The first-order chi connectivity index (χ1) is 20.5. The molecule has 0 aliphatic rings. The van der Waals surface area contributed by atoms with E-state index in [-0.39, 0.29) is 12.3 Å². The zero-order valence-corrected chi connectivity index (χ0v) is 25.3. The van der Waals surface area contributed by atoms with Crippen molar-refractivity contribution in [3.63, 3.8) is 0 Å². The summed E-state index contributed by atoms with van der Waals surface area (Å²) in [5.74, 6) is -1.55. The Bertz CT molecular complexity index is 1100. The van der Waals surface area contributed by atoms with Crippen LogP contribution in [0.2, 0.25) is 0 Å². The van der Waals surface area contributed by atoms with Gasteiger partial charge in [-0.2, -0.15) is 0 Å². The summed E-state index contributed by atoms with van der Waals surface area (Å²) in [6, 6.07) is 2.27. The quantitative estimate of drug-likeness (QED) is 0.0990. The van der Waals surface area contributed by atoms with Crippen molar-refractivity contribution in [2.45, 2.75) is 90.5 Å². The van der Waals surface area contributed by atoms with Crippen molar-refractivity contribution in [3.8, 4) is 0 Å². The van der Waals surface area contributed by atoms with E-state index in [1.807, 2.05) is 6.08 Å². The third kappa shape index (κ3) is 19.1. The number of nitrogens with one attached hydrogen (secondary N) is 2. The third-order valence-corrected chi connectivity index (χ3v) is 6.23. The van der Waals surface area contributed by atoms with E-state index in [9.17, 15) is 19.5 Å². The minimum absolute atomic E-state index is 0.0235. The smallest absolute Gasteiger partial charge is 0.326 e. The highest BCUT2D eigenvalue weighted by atomic mass is 16.4. The minimum Gasteiger partial charge on any atom is -0.480 e. The van der Waals surface area contributed by atoms with E-state index in [2.05, 4.69) is 89.4 Å². The van der Waals surface area contributed by atoms with E-state index in [1.165, 1.54) is 0 Å². The number of aliphatic carboxylic acids is 1. The first-order valence-corrected chi connectivity index (χ1v) is 15.1. The van der Waals surface area contributed by atoms with Crippen LogP contribution in [0.1, 0.15) is 93.6 Å². The summed E-state index contributed by atoms with van der Waals surface area (Å²) in [4.78, 5) is 40.0. The van der Waals surface area contributed by atoms with Gasteiger partial charge in [-0.25, -0.2) is 4.79 Å². The molecule has 2 amide bonds. The molecular weight excluding hydrogens is 526 g/mol. The molecule has 7 heteroatoms. The number of aryl methyl sites for hydroxylation is 1. The van der Waals surface area contributed by atoms with Crippen molar-refractivity contribution in [1.82, 2.24) is 15.6 Å². The molecule has 0 saturated carbocycles. The van der Waals surface area contributed by atoms with Crippen LogP contribution in [0.3, 0.4) is 0 Å². The van der Waals surface area contributed by atoms with Crippen molar-refractivity contribution in [2.75, 3.05) is 6.54 Å². The predicted octanol–water partition coefficient (Wildman–Crippen LogP) is 7.34. The summed E-state index contributed by atoms with van der Waals surface area (Å²) in [7, 11) is 0. The average molecular weight is 576 g/mol. The monoisotopic (exact) mass is 575 g/mol. The zero-order chi connectivity index (χ0) is 30.7. The molecule has 0 unspecified atom stereocenters. The second kappa shape index (κ2) is 24.8. The molecule has 0 fully saturated rings. The van der Waals surface area contributed by atoms with Crippen LogP contribution in [-0.4, -0.2) is 40.5 Å². The highest BCUT2D eigenvalue weighted by Gasteiger charge is 2.21. The Labute approximate surface area is 252 Å². The van der Waals surface area contributed by atoms with Gasteiger partial charge >= 0.3 is 5.97 Å². The fourth-order valence-electron chi connectivity index (χ4n) is 3.86. The van der Waals surface area contributed by atoms with Gasteiger partial charge < -0.3 is 15.7 Å². The average Bonchev–Trinajstić information content (AvgIpc) is 2.97. The number of nitrogens with zero attached hydrogens (tertiary/aromatic N) is 1. The molecule has 228 valence electrons. The summed E-state index contributed by atoms with van der Waals surface area (Å²) < 4.78 is 0. The number of amides is 2. The van der Waals surface area contributed by atoms with Crippen LogP contribution >= 0.6 is 0 Å². The fraction of sp³-hybridized carbons (Fsp3) is 0.429. The zero-order valence-electron chi connectivity index (χ0n) is 25.3. The lowest BCUT2D eigenvalue weighted by Gasteiger charge is -2.15. The maximum atomic E-state index is 12.4. The van der Waals surface area contributed by atoms with E-state index in [4.69, 9.17) is 0 Å².